The molecule has 0 aliphatic carbocycles. The molecule has 0 saturated carbocycles. The normalized spacial score (nSPS) is 23.9. The average Bonchev–Trinajstić information content (AvgIpc) is 2.40. The van der Waals surface area contributed by atoms with Crippen molar-refractivity contribution in [1.29, 1.82) is 0 Å². The predicted molar refractivity (Wildman–Crippen MR) is 67.9 cm³/mol. The summed E-state index contributed by atoms with van der Waals surface area (Å²) in [5.41, 5.74) is -1.13. The second-order valence-corrected chi connectivity index (χ2v) is 5.92. The van der Waals surface area contributed by atoms with E-state index in [1.807, 2.05) is 0 Å². The summed E-state index contributed by atoms with van der Waals surface area (Å²) in [6.45, 7) is 7.20. The zero-order chi connectivity index (χ0) is 14.6. The first kappa shape index (κ1) is 14.1. The lowest BCUT2D eigenvalue weighted by Crippen LogP contribution is -2.52. The third-order valence-corrected chi connectivity index (χ3v) is 4.40. The molecule has 6 nitrogen and oxygen atoms in total. The van der Waals surface area contributed by atoms with E-state index < -0.39 is 17.2 Å². The van der Waals surface area contributed by atoms with E-state index in [0.717, 1.165) is 10.1 Å². The Morgan fingerprint density at radius 3 is 1.84 bits per heavy atom. The molecule has 106 valence electrons. The van der Waals surface area contributed by atoms with Gasteiger partial charge in [0.1, 0.15) is 17.7 Å². The third kappa shape index (κ3) is 1.80. The first-order valence-electron chi connectivity index (χ1n) is 6.09. The summed E-state index contributed by atoms with van der Waals surface area (Å²) >= 11 is 0. The number of nitrogens with zero attached hydrogens (tertiary/aromatic N) is 2. The zero-order valence-corrected chi connectivity index (χ0v) is 11.5. The van der Waals surface area contributed by atoms with E-state index in [4.69, 9.17) is 0 Å². The Morgan fingerprint density at radius 2 is 1.42 bits per heavy atom. The highest BCUT2D eigenvalue weighted by molar-refractivity contribution is 5.41. The number of aromatic hydroxyl groups is 2. The van der Waals surface area contributed by atoms with Crippen LogP contribution in [0.25, 0.3) is 0 Å². The van der Waals surface area contributed by atoms with Crippen LogP contribution in [0, 0.1) is 0 Å². The Labute approximate surface area is 112 Å². The number of hydrogen-bond donors (Lipinski definition) is 4. The fourth-order valence-corrected chi connectivity index (χ4v) is 2.29. The molecule has 4 N–H and O–H groups in total. The van der Waals surface area contributed by atoms with Crippen LogP contribution in [0.15, 0.2) is 18.2 Å². The van der Waals surface area contributed by atoms with Crippen LogP contribution in [0.2, 0.25) is 0 Å². The van der Waals surface area contributed by atoms with Gasteiger partial charge in [-0.25, -0.2) is 0 Å². The van der Waals surface area contributed by atoms with E-state index in [1.54, 1.807) is 27.7 Å². The minimum Gasteiger partial charge on any atom is -0.508 e. The van der Waals surface area contributed by atoms with Gasteiger partial charge >= 0.3 is 0 Å². The number of hydrogen-bond acceptors (Lipinski definition) is 6. The Morgan fingerprint density at radius 1 is 0.947 bits per heavy atom. The monoisotopic (exact) mass is 268 g/mol. The quantitative estimate of drug-likeness (QED) is 0.623. The summed E-state index contributed by atoms with van der Waals surface area (Å²) < 4.78 is 0. The average molecular weight is 268 g/mol. The van der Waals surface area contributed by atoms with Crippen LogP contribution in [-0.4, -0.2) is 41.8 Å². The molecular formula is C13H20N2O4. The second kappa shape index (κ2) is 4.08. The van der Waals surface area contributed by atoms with E-state index >= 15 is 0 Å². The van der Waals surface area contributed by atoms with Crippen molar-refractivity contribution >= 4 is 0 Å². The molecular weight excluding hydrogens is 248 g/mol. The van der Waals surface area contributed by atoms with Crippen molar-refractivity contribution in [3.05, 3.63) is 23.8 Å². The smallest absolute Gasteiger partial charge is 0.140 e. The predicted octanol–water partition coefficient (Wildman–Crippen LogP) is 2.05. The van der Waals surface area contributed by atoms with Gasteiger partial charge < -0.3 is 20.6 Å². The summed E-state index contributed by atoms with van der Waals surface area (Å²) in [5.74, 6) is -0.261. The zero-order valence-electron chi connectivity index (χ0n) is 11.5. The molecule has 0 unspecified atom stereocenters. The molecule has 0 atom stereocenters. The highest BCUT2D eigenvalue weighted by atomic mass is 16.6. The highest BCUT2D eigenvalue weighted by Gasteiger charge is 2.58. The minimum absolute atomic E-state index is 0.0771. The fraction of sp³-hybridized carbons (Fsp3) is 0.538. The topological polar surface area (TPSA) is 87.4 Å². The van der Waals surface area contributed by atoms with Crippen LogP contribution in [-0.2, 0) is 0 Å². The first-order valence-corrected chi connectivity index (χ1v) is 6.09. The molecule has 19 heavy (non-hydrogen) atoms. The molecule has 0 amide bonds. The molecule has 1 aliphatic rings. The Balaban J connectivity index is 2.52. The van der Waals surface area contributed by atoms with Gasteiger partial charge in [0.2, 0.25) is 0 Å². The van der Waals surface area contributed by atoms with Crippen LogP contribution in [0.5, 0.6) is 11.5 Å². The van der Waals surface area contributed by atoms with Crippen molar-refractivity contribution in [2.75, 3.05) is 0 Å². The molecule has 1 aromatic carbocycles. The molecule has 6 heteroatoms. The van der Waals surface area contributed by atoms with Gasteiger partial charge in [-0.15, -0.1) is 0 Å². The van der Waals surface area contributed by atoms with Crippen molar-refractivity contribution in [2.24, 2.45) is 0 Å². The van der Waals surface area contributed by atoms with Gasteiger partial charge in [-0.3, -0.25) is 0 Å². The summed E-state index contributed by atoms with van der Waals surface area (Å²) in [4.78, 5) is 0. The van der Waals surface area contributed by atoms with Crippen LogP contribution < -0.4 is 0 Å². The van der Waals surface area contributed by atoms with Crippen LogP contribution in [0.4, 0.5) is 0 Å². The van der Waals surface area contributed by atoms with Gasteiger partial charge in [0, 0.05) is 11.6 Å². The van der Waals surface area contributed by atoms with E-state index in [0.29, 0.717) is 5.56 Å². The van der Waals surface area contributed by atoms with Gasteiger partial charge in [-0.2, -0.15) is 10.1 Å². The van der Waals surface area contributed by atoms with E-state index in [1.165, 1.54) is 18.2 Å². The second-order valence-electron chi connectivity index (χ2n) is 5.92. The van der Waals surface area contributed by atoms with Gasteiger partial charge in [0.15, 0.2) is 0 Å². The first-order chi connectivity index (χ1) is 8.60. The van der Waals surface area contributed by atoms with Gasteiger partial charge in [-0.1, -0.05) is 0 Å². The summed E-state index contributed by atoms with van der Waals surface area (Å²) in [7, 11) is 0. The number of phenols is 2. The maximum atomic E-state index is 10.3. The number of rotatable bonds is 1. The van der Waals surface area contributed by atoms with E-state index in [-0.39, 0.29) is 11.5 Å². The summed E-state index contributed by atoms with van der Waals surface area (Å²) in [5, 5.41) is 41.9. The van der Waals surface area contributed by atoms with Crippen LogP contribution >= 0.6 is 0 Å². The van der Waals surface area contributed by atoms with Crippen LogP contribution in [0.3, 0.4) is 0 Å². The molecule has 0 aromatic heterocycles. The molecule has 1 heterocycles. The van der Waals surface area contributed by atoms with Gasteiger partial charge in [0.05, 0.1) is 11.1 Å². The van der Waals surface area contributed by atoms with E-state index in [2.05, 4.69) is 0 Å². The maximum Gasteiger partial charge on any atom is 0.140 e. The Bertz CT molecular complexity index is 481. The minimum atomic E-state index is -0.898. The molecule has 0 radical (unpaired) electrons. The fourth-order valence-electron chi connectivity index (χ4n) is 2.29. The summed E-state index contributed by atoms with van der Waals surface area (Å²) in [6.07, 6.45) is -0.898. The highest BCUT2D eigenvalue weighted by Crippen LogP contribution is 2.49. The third-order valence-electron chi connectivity index (χ3n) is 4.40. The Hall–Kier alpha value is -1.34. The molecule has 2 rings (SSSR count). The maximum absolute atomic E-state index is 10.3. The number of phenolic OH excluding ortho intramolecular Hbond substituents is 2. The van der Waals surface area contributed by atoms with Crippen molar-refractivity contribution in [3.8, 4) is 11.5 Å². The van der Waals surface area contributed by atoms with Gasteiger partial charge in [0.25, 0.3) is 0 Å². The lowest BCUT2D eigenvalue weighted by molar-refractivity contribution is -0.223. The molecule has 0 bridgehead atoms. The lowest BCUT2D eigenvalue weighted by atomic mass is 9.84. The molecule has 0 spiro atoms. The molecule has 1 aromatic rings. The SMILES string of the molecule is CC1(C)N(O)C(c2ccc(O)cc2O)N(O)C1(C)C. The standard InChI is InChI=1S/C13H20N2O4/c1-12(2)13(3,4)15(19)11(14(12)18)9-6-5-8(16)7-10(9)17/h5-7,11,16-19H,1-4H3. The van der Waals surface area contributed by atoms with Crippen molar-refractivity contribution < 1.29 is 20.6 Å². The molecule has 1 fully saturated rings. The lowest BCUT2D eigenvalue weighted by Gasteiger charge is -2.37. The van der Waals surface area contributed by atoms with Crippen LogP contribution in [0.1, 0.15) is 39.4 Å². The summed E-state index contributed by atoms with van der Waals surface area (Å²) in [6, 6.07) is 4.05. The largest absolute Gasteiger partial charge is 0.508 e. The van der Waals surface area contributed by atoms with Crippen molar-refractivity contribution in [1.82, 2.24) is 10.1 Å². The van der Waals surface area contributed by atoms with Crippen molar-refractivity contribution in [2.45, 2.75) is 44.9 Å². The molecule has 1 saturated heterocycles. The number of benzene rings is 1. The molecule has 1 aliphatic heterocycles. The Kier molecular flexibility index (Phi) is 3.02. The van der Waals surface area contributed by atoms with Crippen molar-refractivity contribution in [3.63, 3.8) is 0 Å². The van der Waals surface area contributed by atoms with Gasteiger partial charge in [-0.05, 0) is 39.8 Å². The number of hydroxylamine groups is 4. The van der Waals surface area contributed by atoms with E-state index in [9.17, 15) is 20.6 Å².